The highest BCUT2D eigenvalue weighted by molar-refractivity contribution is 8.18. The molecular weight excluding hydrogens is 464 g/mol. The Bertz CT molecular complexity index is 1350. The van der Waals surface area contributed by atoms with Gasteiger partial charge in [0.2, 0.25) is 0 Å². The van der Waals surface area contributed by atoms with Gasteiger partial charge in [-0.25, -0.2) is 9.79 Å². The van der Waals surface area contributed by atoms with Crippen LogP contribution in [-0.4, -0.2) is 41.2 Å². The smallest absolute Gasteiger partial charge is 0.335 e. The van der Waals surface area contributed by atoms with Crippen molar-refractivity contribution < 1.29 is 24.2 Å². The Morgan fingerprint density at radius 1 is 1.09 bits per heavy atom. The third-order valence-electron chi connectivity index (χ3n) is 5.28. The van der Waals surface area contributed by atoms with Gasteiger partial charge in [0.05, 0.1) is 23.3 Å². The number of likely N-dealkylation sites (N-methyl/N-ethyl adjacent to an activating group) is 1. The van der Waals surface area contributed by atoms with Crippen LogP contribution in [0.4, 0.5) is 5.69 Å². The number of aryl methyl sites for hydroxylation is 1. The summed E-state index contributed by atoms with van der Waals surface area (Å²) < 4.78 is 11.5. The van der Waals surface area contributed by atoms with Crippen LogP contribution in [0.25, 0.3) is 6.08 Å². The lowest BCUT2D eigenvalue weighted by molar-refractivity contribution is -0.121. The number of carboxylic acids is 1. The fourth-order valence-electron chi connectivity index (χ4n) is 3.48. The fraction of sp³-hybridized carbons (Fsp3) is 0.148. The van der Waals surface area contributed by atoms with Crippen molar-refractivity contribution in [2.24, 2.45) is 4.99 Å². The van der Waals surface area contributed by atoms with Gasteiger partial charge in [-0.1, -0.05) is 42.0 Å². The van der Waals surface area contributed by atoms with E-state index in [1.807, 2.05) is 43.3 Å². The summed E-state index contributed by atoms with van der Waals surface area (Å²) in [6.07, 6.45) is 1.77. The average Bonchev–Trinajstić information content (AvgIpc) is 3.11. The van der Waals surface area contributed by atoms with Crippen molar-refractivity contribution in [1.29, 1.82) is 0 Å². The van der Waals surface area contributed by atoms with E-state index in [2.05, 4.69) is 11.1 Å². The average molecular weight is 489 g/mol. The molecule has 1 aliphatic heterocycles. The molecule has 1 N–H and O–H groups in total. The maximum atomic E-state index is 12.8. The van der Waals surface area contributed by atoms with Crippen molar-refractivity contribution in [2.75, 3.05) is 14.2 Å². The van der Waals surface area contributed by atoms with Gasteiger partial charge in [0, 0.05) is 7.05 Å². The lowest BCUT2D eigenvalue weighted by Gasteiger charge is -2.12. The Labute approximate surface area is 207 Å². The summed E-state index contributed by atoms with van der Waals surface area (Å²) in [7, 11) is 3.21. The van der Waals surface area contributed by atoms with Gasteiger partial charge < -0.3 is 14.6 Å². The number of nitrogens with zero attached hydrogens (tertiary/aromatic N) is 2. The highest BCUT2D eigenvalue weighted by atomic mass is 32.2. The van der Waals surface area contributed by atoms with E-state index in [9.17, 15) is 14.7 Å². The summed E-state index contributed by atoms with van der Waals surface area (Å²) in [5.41, 5.74) is 3.61. The molecule has 0 aromatic heterocycles. The Balaban J connectivity index is 1.53. The maximum absolute atomic E-state index is 12.8. The van der Waals surface area contributed by atoms with E-state index in [0.29, 0.717) is 33.9 Å². The lowest BCUT2D eigenvalue weighted by atomic mass is 10.1. The first kappa shape index (κ1) is 24.1. The van der Waals surface area contributed by atoms with Gasteiger partial charge >= 0.3 is 5.97 Å². The first-order chi connectivity index (χ1) is 16.8. The molecule has 8 heteroatoms. The summed E-state index contributed by atoms with van der Waals surface area (Å²) in [4.78, 5) is 30.4. The zero-order valence-electron chi connectivity index (χ0n) is 19.5. The molecule has 35 heavy (non-hydrogen) atoms. The van der Waals surface area contributed by atoms with Gasteiger partial charge in [0.25, 0.3) is 5.91 Å². The summed E-state index contributed by atoms with van der Waals surface area (Å²) in [6.45, 7) is 2.45. The number of carbonyl (C=O) groups excluding carboxylic acids is 1. The molecule has 0 aliphatic carbocycles. The summed E-state index contributed by atoms with van der Waals surface area (Å²) in [5, 5.41) is 9.66. The maximum Gasteiger partial charge on any atom is 0.335 e. The first-order valence-corrected chi connectivity index (χ1v) is 11.6. The van der Waals surface area contributed by atoms with Crippen LogP contribution in [0.1, 0.15) is 27.0 Å². The van der Waals surface area contributed by atoms with Crippen LogP contribution in [0.15, 0.2) is 76.6 Å². The number of amides is 1. The van der Waals surface area contributed by atoms with Crippen LogP contribution in [0, 0.1) is 6.92 Å². The van der Waals surface area contributed by atoms with Crippen molar-refractivity contribution in [3.8, 4) is 11.5 Å². The van der Waals surface area contributed by atoms with E-state index in [1.54, 1.807) is 32.4 Å². The molecule has 7 nitrogen and oxygen atoms in total. The summed E-state index contributed by atoms with van der Waals surface area (Å²) >= 11 is 1.23. The minimum Gasteiger partial charge on any atom is -0.493 e. The minimum absolute atomic E-state index is 0.136. The van der Waals surface area contributed by atoms with Crippen molar-refractivity contribution in [1.82, 2.24) is 4.90 Å². The van der Waals surface area contributed by atoms with E-state index >= 15 is 0 Å². The van der Waals surface area contributed by atoms with Crippen molar-refractivity contribution >= 4 is 40.6 Å². The molecule has 0 atom stereocenters. The summed E-state index contributed by atoms with van der Waals surface area (Å²) in [6, 6.07) is 19.9. The lowest BCUT2D eigenvalue weighted by Crippen LogP contribution is -2.23. The molecular formula is C27H24N2O5S. The number of aliphatic imine (C=N–C) groups is 1. The molecule has 0 bridgehead atoms. The molecule has 3 aromatic rings. The first-order valence-electron chi connectivity index (χ1n) is 10.8. The van der Waals surface area contributed by atoms with Gasteiger partial charge in [-0.05, 0) is 66.2 Å². The number of amidine groups is 1. The predicted molar refractivity (Wildman–Crippen MR) is 137 cm³/mol. The number of carbonyl (C=O) groups is 2. The van der Waals surface area contributed by atoms with Gasteiger partial charge in [-0.2, -0.15) is 0 Å². The fourth-order valence-corrected chi connectivity index (χ4v) is 4.47. The molecule has 0 spiro atoms. The van der Waals surface area contributed by atoms with Gasteiger partial charge in [0.1, 0.15) is 6.61 Å². The van der Waals surface area contributed by atoms with Crippen LogP contribution in [-0.2, 0) is 11.4 Å². The number of hydrogen-bond acceptors (Lipinski definition) is 6. The second-order valence-electron chi connectivity index (χ2n) is 7.91. The van der Waals surface area contributed by atoms with E-state index in [4.69, 9.17) is 9.47 Å². The van der Waals surface area contributed by atoms with E-state index < -0.39 is 5.97 Å². The molecule has 1 fully saturated rings. The van der Waals surface area contributed by atoms with Crippen LogP contribution < -0.4 is 9.47 Å². The molecule has 0 radical (unpaired) electrons. The number of aromatic carboxylic acids is 1. The van der Waals surface area contributed by atoms with E-state index in [1.165, 1.54) is 34.4 Å². The number of methoxy groups -OCH3 is 1. The minimum atomic E-state index is -1.03. The van der Waals surface area contributed by atoms with Gasteiger partial charge in [-0.15, -0.1) is 0 Å². The quantitative estimate of drug-likeness (QED) is 0.441. The second-order valence-corrected chi connectivity index (χ2v) is 8.92. The molecule has 178 valence electrons. The Morgan fingerprint density at radius 3 is 2.63 bits per heavy atom. The largest absolute Gasteiger partial charge is 0.493 e. The molecule has 3 aromatic carbocycles. The third-order valence-corrected chi connectivity index (χ3v) is 6.34. The number of carboxylic acid groups (broad SMARTS) is 1. The van der Waals surface area contributed by atoms with E-state index in [0.717, 1.165) is 11.1 Å². The number of benzene rings is 3. The predicted octanol–water partition coefficient (Wildman–Crippen LogP) is 5.51. The zero-order chi connectivity index (χ0) is 24.9. The van der Waals surface area contributed by atoms with Crippen molar-refractivity contribution in [2.45, 2.75) is 13.5 Å². The van der Waals surface area contributed by atoms with Crippen LogP contribution in [0.3, 0.4) is 0 Å². The van der Waals surface area contributed by atoms with Crippen molar-refractivity contribution in [3.05, 3.63) is 93.9 Å². The Morgan fingerprint density at radius 2 is 1.89 bits per heavy atom. The highest BCUT2D eigenvalue weighted by Gasteiger charge is 2.30. The molecule has 1 heterocycles. The SMILES string of the molecule is COc1cc(/C=C2/SC(=Nc3cccc(C(=O)O)c3)N(C)C2=O)ccc1OCc1cccc(C)c1. The Hall–Kier alpha value is -4.04. The number of thioether (sulfide) groups is 1. The van der Waals surface area contributed by atoms with Crippen LogP contribution in [0.2, 0.25) is 0 Å². The molecule has 1 aliphatic rings. The summed E-state index contributed by atoms with van der Waals surface area (Å²) in [5.74, 6) is -0.0484. The standard InChI is InChI=1S/C27H24N2O5S/c1-17-6-4-7-19(12-17)16-34-22-11-10-18(13-23(22)33-3)14-24-25(30)29(2)27(35-24)28-21-9-5-8-20(15-21)26(31)32/h4-15H,16H2,1-3H3,(H,31,32)/b24-14+,28-27?. The topological polar surface area (TPSA) is 88.4 Å². The van der Waals surface area contributed by atoms with Crippen LogP contribution >= 0.6 is 11.8 Å². The van der Waals surface area contributed by atoms with Crippen LogP contribution in [0.5, 0.6) is 11.5 Å². The highest BCUT2D eigenvalue weighted by Crippen LogP contribution is 2.35. The molecule has 0 saturated carbocycles. The molecule has 0 unspecified atom stereocenters. The van der Waals surface area contributed by atoms with E-state index in [-0.39, 0.29) is 11.5 Å². The zero-order valence-corrected chi connectivity index (χ0v) is 20.3. The van der Waals surface area contributed by atoms with Gasteiger partial charge in [-0.3, -0.25) is 9.69 Å². The number of hydrogen-bond donors (Lipinski definition) is 1. The number of rotatable bonds is 7. The number of ether oxygens (including phenoxy) is 2. The van der Waals surface area contributed by atoms with Crippen molar-refractivity contribution in [3.63, 3.8) is 0 Å². The van der Waals surface area contributed by atoms with Gasteiger partial charge in [0.15, 0.2) is 16.7 Å². The Kier molecular flexibility index (Phi) is 7.22. The normalized spacial score (nSPS) is 15.6. The third kappa shape index (κ3) is 5.73. The molecule has 1 amide bonds. The molecule has 1 saturated heterocycles. The molecule has 4 rings (SSSR count). The second kappa shape index (κ2) is 10.5. The monoisotopic (exact) mass is 488 g/mol.